The molecule has 1 unspecified atom stereocenters. The van der Waals surface area contributed by atoms with Crippen LogP contribution >= 0.6 is 0 Å². The molecule has 0 bridgehead atoms. The molecule has 0 aliphatic carbocycles. The lowest BCUT2D eigenvalue weighted by Crippen LogP contribution is -2.17. The van der Waals surface area contributed by atoms with Gasteiger partial charge in [0.1, 0.15) is 0 Å². The number of hydrogen-bond donors (Lipinski definition) is 2. The number of nitrogens with one attached hydrogen (secondary N) is 2. The summed E-state index contributed by atoms with van der Waals surface area (Å²) in [6.45, 7) is 0. The molecule has 3 nitrogen and oxygen atoms in total. The molecule has 0 saturated carbocycles. The topological polar surface area (TPSA) is 44.9 Å². The van der Waals surface area contributed by atoms with Gasteiger partial charge < -0.3 is 10.3 Å². The van der Waals surface area contributed by atoms with Crippen molar-refractivity contribution in [1.82, 2.24) is 10.3 Å². The summed E-state index contributed by atoms with van der Waals surface area (Å²) in [6, 6.07) is 8.36. The van der Waals surface area contributed by atoms with Crippen molar-refractivity contribution in [2.24, 2.45) is 0 Å². The smallest absolute Gasteiger partial charge is 0.220 e. The third-order valence-corrected chi connectivity index (χ3v) is 2.99. The standard InChI is InChI=1S/C12H12N2O/c15-12-6-5-11(14-12)9-7-13-10-4-2-1-3-8(9)10/h1-4,7,11,13H,5-6H2,(H,14,15). The Kier molecular flexibility index (Phi) is 1.78. The summed E-state index contributed by atoms with van der Waals surface area (Å²) in [5.41, 5.74) is 2.34. The van der Waals surface area contributed by atoms with Gasteiger partial charge in [-0.25, -0.2) is 0 Å². The van der Waals surface area contributed by atoms with Gasteiger partial charge in [-0.2, -0.15) is 0 Å². The van der Waals surface area contributed by atoms with Gasteiger partial charge in [0.05, 0.1) is 6.04 Å². The molecule has 2 heterocycles. The van der Waals surface area contributed by atoms with Gasteiger partial charge >= 0.3 is 0 Å². The van der Waals surface area contributed by atoms with Crippen LogP contribution in [0.5, 0.6) is 0 Å². The average Bonchev–Trinajstić information content (AvgIpc) is 2.83. The Morgan fingerprint density at radius 1 is 1.27 bits per heavy atom. The van der Waals surface area contributed by atoms with E-state index in [0.29, 0.717) is 6.42 Å². The van der Waals surface area contributed by atoms with Crippen LogP contribution in [-0.2, 0) is 4.79 Å². The van der Waals surface area contributed by atoms with Crippen molar-refractivity contribution in [2.75, 3.05) is 0 Å². The maximum Gasteiger partial charge on any atom is 0.220 e. The third kappa shape index (κ3) is 1.31. The maximum absolute atomic E-state index is 11.2. The fourth-order valence-electron chi connectivity index (χ4n) is 2.23. The lowest BCUT2D eigenvalue weighted by Gasteiger charge is -2.07. The fraction of sp³-hybridized carbons (Fsp3) is 0.250. The molecule has 0 radical (unpaired) electrons. The summed E-state index contributed by atoms with van der Waals surface area (Å²) in [6.07, 6.45) is 3.55. The Morgan fingerprint density at radius 3 is 2.93 bits per heavy atom. The number of carbonyl (C=O) groups excluding carboxylic acids is 1. The number of aromatic nitrogens is 1. The molecule has 3 rings (SSSR count). The minimum Gasteiger partial charge on any atom is -0.361 e. The first kappa shape index (κ1) is 8.53. The molecule has 3 heteroatoms. The molecule has 1 fully saturated rings. The number of para-hydroxylation sites is 1. The molecule has 1 aliphatic heterocycles. The van der Waals surface area contributed by atoms with E-state index >= 15 is 0 Å². The normalized spacial score (nSPS) is 20.8. The second-order valence-electron chi connectivity index (χ2n) is 3.95. The zero-order valence-electron chi connectivity index (χ0n) is 8.29. The molecular weight excluding hydrogens is 188 g/mol. The molecular formula is C12H12N2O. The van der Waals surface area contributed by atoms with Gasteiger partial charge in [-0.15, -0.1) is 0 Å². The molecule has 1 amide bonds. The van der Waals surface area contributed by atoms with Crippen molar-refractivity contribution in [2.45, 2.75) is 18.9 Å². The van der Waals surface area contributed by atoms with Crippen LogP contribution in [-0.4, -0.2) is 10.9 Å². The number of carbonyl (C=O) groups is 1. The molecule has 1 saturated heterocycles. The zero-order valence-corrected chi connectivity index (χ0v) is 8.29. The van der Waals surface area contributed by atoms with E-state index in [4.69, 9.17) is 0 Å². The van der Waals surface area contributed by atoms with Crippen molar-refractivity contribution in [3.05, 3.63) is 36.0 Å². The van der Waals surface area contributed by atoms with Crippen LogP contribution in [0.2, 0.25) is 0 Å². The van der Waals surface area contributed by atoms with Gasteiger partial charge in [0.2, 0.25) is 5.91 Å². The van der Waals surface area contributed by atoms with Gasteiger partial charge in [0.25, 0.3) is 0 Å². The highest BCUT2D eigenvalue weighted by atomic mass is 16.1. The quantitative estimate of drug-likeness (QED) is 0.727. The van der Waals surface area contributed by atoms with Crippen LogP contribution in [0.15, 0.2) is 30.5 Å². The molecule has 2 N–H and O–H groups in total. The van der Waals surface area contributed by atoms with Crippen LogP contribution in [0.4, 0.5) is 0 Å². The van der Waals surface area contributed by atoms with Crippen LogP contribution in [0.25, 0.3) is 10.9 Å². The SMILES string of the molecule is O=C1CCC(c2c[nH]c3ccccc23)N1. The Bertz CT molecular complexity index is 515. The minimum absolute atomic E-state index is 0.158. The second kappa shape index (κ2) is 3.12. The number of H-pyrrole nitrogens is 1. The third-order valence-electron chi connectivity index (χ3n) is 2.99. The lowest BCUT2D eigenvalue weighted by molar-refractivity contribution is -0.119. The molecule has 15 heavy (non-hydrogen) atoms. The molecule has 1 aromatic carbocycles. The van der Waals surface area contributed by atoms with Crippen LogP contribution < -0.4 is 5.32 Å². The van der Waals surface area contributed by atoms with Gasteiger partial charge in [0.15, 0.2) is 0 Å². The number of rotatable bonds is 1. The number of benzene rings is 1. The summed E-state index contributed by atoms with van der Waals surface area (Å²) >= 11 is 0. The van der Waals surface area contributed by atoms with Crippen molar-refractivity contribution in [1.29, 1.82) is 0 Å². The highest BCUT2D eigenvalue weighted by molar-refractivity contribution is 5.86. The van der Waals surface area contributed by atoms with Gasteiger partial charge in [-0.1, -0.05) is 18.2 Å². The van der Waals surface area contributed by atoms with E-state index in [0.717, 1.165) is 11.9 Å². The van der Waals surface area contributed by atoms with Crippen molar-refractivity contribution in [3.8, 4) is 0 Å². The van der Waals surface area contributed by atoms with Gasteiger partial charge in [0, 0.05) is 23.5 Å². The average molecular weight is 200 g/mol. The van der Waals surface area contributed by atoms with E-state index in [2.05, 4.69) is 22.4 Å². The monoisotopic (exact) mass is 200 g/mol. The highest BCUT2D eigenvalue weighted by Gasteiger charge is 2.24. The largest absolute Gasteiger partial charge is 0.361 e. The van der Waals surface area contributed by atoms with E-state index in [-0.39, 0.29) is 11.9 Å². The Labute approximate surface area is 87.5 Å². The summed E-state index contributed by atoms with van der Waals surface area (Å²) < 4.78 is 0. The molecule has 0 spiro atoms. The predicted octanol–water partition coefficient (Wildman–Crippen LogP) is 2.12. The van der Waals surface area contributed by atoms with Crippen molar-refractivity contribution < 1.29 is 4.79 Å². The zero-order chi connectivity index (χ0) is 10.3. The van der Waals surface area contributed by atoms with E-state index in [1.165, 1.54) is 10.9 Å². The minimum atomic E-state index is 0.158. The van der Waals surface area contributed by atoms with Crippen molar-refractivity contribution in [3.63, 3.8) is 0 Å². The summed E-state index contributed by atoms with van der Waals surface area (Å²) in [5, 5.41) is 4.20. The van der Waals surface area contributed by atoms with Crippen LogP contribution in [0.3, 0.4) is 0 Å². The molecule has 1 aromatic heterocycles. The molecule has 1 atom stereocenters. The Balaban J connectivity index is 2.07. The fourth-order valence-corrected chi connectivity index (χ4v) is 2.23. The lowest BCUT2D eigenvalue weighted by atomic mass is 10.0. The predicted molar refractivity (Wildman–Crippen MR) is 58.4 cm³/mol. The van der Waals surface area contributed by atoms with Crippen molar-refractivity contribution >= 4 is 16.8 Å². The first-order chi connectivity index (χ1) is 7.34. The van der Waals surface area contributed by atoms with Gasteiger partial charge in [-0.3, -0.25) is 4.79 Å². The van der Waals surface area contributed by atoms with E-state index < -0.39 is 0 Å². The van der Waals surface area contributed by atoms with Gasteiger partial charge in [-0.05, 0) is 18.1 Å². The summed E-state index contributed by atoms with van der Waals surface area (Å²) in [5.74, 6) is 0.158. The highest BCUT2D eigenvalue weighted by Crippen LogP contribution is 2.29. The number of hydrogen-bond acceptors (Lipinski definition) is 1. The summed E-state index contributed by atoms with van der Waals surface area (Å²) in [7, 11) is 0. The van der Waals surface area contributed by atoms with Crippen LogP contribution in [0.1, 0.15) is 24.4 Å². The molecule has 76 valence electrons. The number of amides is 1. The van der Waals surface area contributed by atoms with Crippen LogP contribution in [0, 0.1) is 0 Å². The van der Waals surface area contributed by atoms with E-state index in [1.54, 1.807) is 0 Å². The Morgan fingerprint density at radius 2 is 2.13 bits per heavy atom. The molecule has 2 aromatic rings. The first-order valence-corrected chi connectivity index (χ1v) is 5.20. The number of fused-ring (bicyclic) bond motifs is 1. The first-order valence-electron chi connectivity index (χ1n) is 5.20. The second-order valence-corrected chi connectivity index (χ2v) is 3.95. The Hall–Kier alpha value is -1.77. The number of aromatic amines is 1. The van der Waals surface area contributed by atoms with E-state index in [1.807, 2.05) is 18.3 Å². The molecule has 1 aliphatic rings. The summed E-state index contributed by atoms with van der Waals surface area (Å²) in [4.78, 5) is 14.4. The maximum atomic E-state index is 11.2. The van der Waals surface area contributed by atoms with E-state index in [9.17, 15) is 4.79 Å².